The maximum atomic E-state index is 12.4. The lowest BCUT2D eigenvalue weighted by Gasteiger charge is -2.22. The largest absolute Gasteiger partial charge is 0.478 e. The zero-order valence-electron chi connectivity index (χ0n) is 13.0. The number of rotatable bonds is 9. The Morgan fingerprint density at radius 3 is 1.95 bits per heavy atom. The molecule has 0 fully saturated rings. The Kier molecular flexibility index (Phi) is 7.51. The molecule has 0 saturated heterocycles. The molecule has 0 radical (unpaired) electrons. The highest BCUT2D eigenvalue weighted by molar-refractivity contribution is 5.87. The van der Waals surface area contributed by atoms with Crippen molar-refractivity contribution < 1.29 is 14.7 Å². The fraction of sp³-hybridized carbons (Fsp3) is 0.529. The summed E-state index contributed by atoms with van der Waals surface area (Å²) in [7, 11) is 0. The maximum Gasteiger partial charge on any atom is 0.335 e. The fourth-order valence-corrected chi connectivity index (χ4v) is 2.11. The van der Waals surface area contributed by atoms with Crippen molar-refractivity contribution in [3.63, 3.8) is 0 Å². The van der Waals surface area contributed by atoms with Crippen molar-refractivity contribution in [2.24, 2.45) is 0 Å². The number of amides is 1. The minimum absolute atomic E-state index is 0.125. The van der Waals surface area contributed by atoms with Crippen LogP contribution < -0.4 is 0 Å². The quantitative estimate of drug-likeness (QED) is 0.759. The summed E-state index contributed by atoms with van der Waals surface area (Å²) in [5.41, 5.74) is 1.11. The summed E-state index contributed by atoms with van der Waals surface area (Å²) in [5.74, 6) is -0.819. The van der Waals surface area contributed by atoms with Crippen LogP contribution in [0.5, 0.6) is 0 Å². The molecule has 1 aromatic carbocycles. The number of nitrogens with zero attached hydrogens (tertiary/aromatic N) is 1. The molecule has 0 aliphatic heterocycles. The molecule has 0 unspecified atom stereocenters. The zero-order valence-corrected chi connectivity index (χ0v) is 13.0. The van der Waals surface area contributed by atoms with Gasteiger partial charge in [-0.3, -0.25) is 4.79 Å². The van der Waals surface area contributed by atoms with Crippen LogP contribution in [-0.4, -0.2) is 35.0 Å². The second kappa shape index (κ2) is 9.16. The number of carbonyl (C=O) groups excluding carboxylic acids is 1. The molecule has 116 valence electrons. The molecule has 1 aromatic rings. The van der Waals surface area contributed by atoms with Gasteiger partial charge in [0.25, 0.3) is 0 Å². The summed E-state index contributed by atoms with van der Waals surface area (Å²) in [6.07, 6.45) is 4.53. The second-order valence-electron chi connectivity index (χ2n) is 5.27. The lowest BCUT2D eigenvalue weighted by Crippen LogP contribution is -2.34. The summed E-state index contributed by atoms with van der Waals surface area (Å²) in [6, 6.07) is 6.54. The van der Waals surface area contributed by atoms with Gasteiger partial charge in [0.1, 0.15) is 0 Å². The third-order valence-electron chi connectivity index (χ3n) is 3.47. The number of unbranched alkanes of at least 4 members (excludes halogenated alkanes) is 2. The van der Waals surface area contributed by atoms with Gasteiger partial charge in [0.2, 0.25) is 5.91 Å². The van der Waals surface area contributed by atoms with E-state index in [-0.39, 0.29) is 11.5 Å². The SMILES string of the molecule is CCCCN(CCCC)C(=O)Cc1ccc(C(=O)O)cc1. The highest BCUT2D eigenvalue weighted by atomic mass is 16.4. The molecule has 1 N–H and O–H groups in total. The lowest BCUT2D eigenvalue weighted by atomic mass is 10.1. The van der Waals surface area contributed by atoms with E-state index in [1.54, 1.807) is 24.3 Å². The van der Waals surface area contributed by atoms with Gasteiger partial charge in [0.15, 0.2) is 0 Å². The molecule has 0 aliphatic rings. The number of aromatic carboxylic acids is 1. The zero-order chi connectivity index (χ0) is 15.7. The van der Waals surface area contributed by atoms with Gasteiger partial charge in [-0.15, -0.1) is 0 Å². The van der Waals surface area contributed by atoms with Crippen LogP contribution in [0.25, 0.3) is 0 Å². The Hall–Kier alpha value is -1.84. The Balaban J connectivity index is 2.64. The van der Waals surface area contributed by atoms with Gasteiger partial charge in [0.05, 0.1) is 12.0 Å². The molecule has 0 aliphatic carbocycles. The first-order valence-corrected chi connectivity index (χ1v) is 7.68. The second-order valence-corrected chi connectivity index (χ2v) is 5.27. The molecule has 0 bridgehead atoms. The molecular formula is C17H25NO3. The number of carboxylic acid groups (broad SMARTS) is 1. The van der Waals surface area contributed by atoms with Crippen LogP contribution in [-0.2, 0) is 11.2 Å². The monoisotopic (exact) mass is 291 g/mol. The summed E-state index contributed by atoms with van der Waals surface area (Å²) >= 11 is 0. The van der Waals surface area contributed by atoms with Crippen molar-refractivity contribution in [3.8, 4) is 0 Å². The van der Waals surface area contributed by atoms with Crippen LogP contribution >= 0.6 is 0 Å². The number of carboxylic acids is 1. The fourth-order valence-electron chi connectivity index (χ4n) is 2.11. The first-order valence-electron chi connectivity index (χ1n) is 7.68. The molecule has 0 atom stereocenters. The minimum atomic E-state index is -0.944. The van der Waals surface area contributed by atoms with E-state index < -0.39 is 5.97 Å². The molecule has 4 heteroatoms. The lowest BCUT2D eigenvalue weighted by molar-refractivity contribution is -0.130. The van der Waals surface area contributed by atoms with Crippen molar-refractivity contribution >= 4 is 11.9 Å². The van der Waals surface area contributed by atoms with E-state index in [9.17, 15) is 9.59 Å². The molecule has 1 rings (SSSR count). The van der Waals surface area contributed by atoms with Gasteiger partial charge in [-0.05, 0) is 30.5 Å². The average molecular weight is 291 g/mol. The summed E-state index contributed by atoms with van der Waals surface area (Å²) < 4.78 is 0. The molecule has 0 heterocycles. The van der Waals surface area contributed by atoms with Crippen LogP contribution in [0, 0.1) is 0 Å². The van der Waals surface area contributed by atoms with E-state index in [1.165, 1.54) is 0 Å². The summed E-state index contributed by atoms with van der Waals surface area (Å²) in [4.78, 5) is 25.1. The Labute approximate surface area is 126 Å². The first-order chi connectivity index (χ1) is 10.1. The molecular weight excluding hydrogens is 266 g/mol. The van der Waals surface area contributed by atoms with E-state index in [4.69, 9.17) is 5.11 Å². The summed E-state index contributed by atoms with van der Waals surface area (Å²) in [6.45, 7) is 5.85. The van der Waals surface area contributed by atoms with Gasteiger partial charge in [-0.2, -0.15) is 0 Å². The van der Waals surface area contributed by atoms with Crippen molar-refractivity contribution in [2.45, 2.75) is 46.0 Å². The van der Waals surface area contributed by atoms with Gasteiger partial charge < -0.3 is 10.0 Å². The highest BCUT2D eigenvalue weighted by Crippen LogP contribution is 2.08. The van der Waals surface area contributed by atoms with Crippen LogP contribution in [0.3, 0.4) is 0 Å². The van der Waals surface area contributed by atoms with Gasteiger partial charge in [-0.25, -0.2) is 4.79 Å². The third-order valence-corrected chi connectivity index (χ3v) is 3.47. The van der Waals surface area contributed by atoms with Crippen molar-refractivity contribution in [1.29, 1.82) is 0 Å². The van der Waals surface area contributed by atoms with Crippen LogP contribution in [0.1, 0.15) is 55.5 Å². The smallest absolute Gasteiger partial charge is 0.335 e. The minimum Gasteiger partial charge on any atom is -0.478 e. The predicted octanol–water partition coefficient (Wildman–Crippen LogP) is 3.36. The normalized spacial score (nSPS) is 10.4. The number of benzene rings is 1. The average Bonchev–Trinajstić information content (AvgIpc) is 2.47. The topological polar surface area (TPSA) is 57.6 Å². The van der Waals surface area contributed by atoms with Crippen molar-refractivity contribution in [3.05, 3.63) is 35.4 Å². The van der Waals surface area contributed by atoms with E-state index in [0.29, 0.717) is 6.42 Å². The molecule has 0 spiro atoms. The number of hydrogen-bond acceptors (Lipinski definition) is 2. The van der Waals surface area contributed by atoms with Crippen molar-refractivity contribution in [1.82, 2.24) is 4.90 Å². The van der Waals surface area contributed by atoms with E-state index >= 15 is 0 Å². The molecule has 1 amide bonds. The Morgan fingerprint density at radius 1 is 1.00 bits per heavy atom. The molecule has 0 saturated carbocycles. The molecule has 4 nitrogen and oxygen atoms in total. The highest BCUT2D eigenvalue weighted by Gasteiger charge is 2.13. The van der Waals surface area contributed by atoms with Gasteiger partial charge >= 0.3 is 5.97 Å². The Bertz CT molecular complexity index is 446. The van der Waals surface area contributed by atoms with E-state index in [0.717, 1.165) is 44.3 Å². The Morgan fingerprint density at radius 2 is 1.52 bits per heavy atom. The van der Waals surface area contributed by atoms with Gasteiger partial charge in [0, 0.05) is 13.1 Å². The number of hydrogen-bond donors (Lipinski definition) is 1. The number of carbonyl (C=O) groups is 2. The van der Waals surface area contributed by atoms with E-state index in [1.807, 2.05) is 4.90 Å². The van der Waals surface area contributed by atoms with Crippen LogP contribution in [0.4, 0.5) is 0 Å². The third kappa shape index (κ3) is 5.98. The van der Waals surface area contributed by atoms with Crippen molar-refractivity contribution in [2.75, 3.05) is 13.1 Å². The maximum absolute atomic E-state index is 12.4. The van der Waals surface area contributed by atoms with E-state index in [2.05, 4.69) is 13.8 Å². The van der Waals surface area contributed by atoms with Crippen LogP contribution in [0.15, 0.2) is 24.3 Å². The van der Waals surface area contributed by atoms with Gasteiger partial charge in [-0.1, -0.05) is 38.8 Å². The van der Waals surface area contributed by atoms with Crippen LogP contribution in [0.2, 0.25) is 0 Å². The first kappa shape index (κ1) is 17.2. The standard InChI is InChI=1S/C17H25NO3/c1-3-5-11-18(12-6-4-2)16(19)13-14-7-9-15(10-8-14)17(20)21/h7-10H,3-6,11-13H2,1-2H3,(H,20,21). The molecule has 21 heavy (non-hydrogen) atoms. The predicted molar refractivity (Wildman–Crippen MR) is 83.5 cm³/mol. The summed E-state index contributed by atoms with van der Waals surface area (Å²) in [5, 5.41) is 8.86. The molecule has 0 aromatic heterocycles.